The molecule has 6 nitrogen and oxygen atoms in total. The van der Waals surface area contributed by atoms with E-state index in [0.717, 1.165) is 63.0 Å². The van der Waals surface area contributed by atoms with Crippen LogP contribution in [0.3, 0.4) is 0 Å². The van der Waals surface area contributed by atoms with Crippen molar-refractivity contribution < 1.29 is 5.11 Å². The normalized spacial score (nSPS) is 17.4. The molecule has 0 unspecified atom stereocenters. The third-order valence-corrected chi connectivity index (χ3v) is 4.78. The highest BCUT2D eigenvalue weighted by molar-refractivity contribution is 7.11. The molecule has 0 saturated carbocycles. The number of thiazole rings is 1. The van der Waals surface area contributed by atoms with Crippen molar-refractivity contribution in [3.05, 3.63) is 16.1 Å². The van der Waals surface area contributed by atoms with Crippen LogP contribution in [0.5, 0.6) is 0 Å². The molecule has 0 amide bonds. The lowest BCUT2D eigenvalue weighted by atomic mass is 10.1. The summed E-state index contributed by atoms with van der Waals surface area (Å²) in [6.07, 6.45) is 4.70. The molecule has 2 rings (SSSR count). The first-order valence-corrected chi connectivity index (χ1v) is 9.33. The first-order valence-electron chi connectivity index (χ1n) is 8.51. The van der Waals surface area contributed by atoms with Gasteiger partial charge in [-0.15, -0.1) is 11.3 Å². The van der Waals surface area contributed by atoms with E-state index in [2.05, 4.69) is 39.4 Å². The van der Waals surface area contributed by atoms with E-state index >= 15 is 0 Å². The lowest BCUT2D eigenvalue weighted by Crippen LogP contribution is -2.40. The first-order chi connectivity index (χ1) is 11.2. The van der Waals surface area contributed by atoms with Crippen LogP contribution in [0.4, 0.5) is 0 Å². The van der Waals surface area contributed by atoms with Crippen molar-refractivity contribution in [3.63, 3.8) is 0 Å². The van der Waals surface area contributed by atoms with Crippen molar-refractivity contribution >= 4 is 17.3 Å². The van der Waals surface area contributed by atoms with Crippen LogP contribution in [0.25, 0.3) is 0 Å². The van der Waals surface area contributed by atoms with Crippen molar-refractivity contribution in [3.8, 4) is 0 Å². The van der Waals surface area contributed by atoms with E-state index in [9.17, 15) is 5.11 Å². The molecule has 1 aliphatic rings. The van der Waals surface area contributed by atoms with E-state index in [0.29, 0.717) is 6.54 Å². The van der Waals surface area contributed by atoms with Crippen LogP contribution in [-0.2, 0) is 6.54 Å². The average Bonchev–Trinajstić information content (AvgIpc) is 2.96. The van der Waals surface area contributed by atoms with Crippen molar-refractivity contribution in [1.82, 2.24) is 20.5 Å². The first kappa shape index (κ1) is 18.2. The Labute approximate surface area is 143 Å². The number of hydrogen-bond acceptors (Lipinski definition) is 5. The van der Waals surface area contributed by atoms with E-state index in [1.807, 2.05) is 6.20 Å². The summed E-state index contributed by atoms with van der Waals surface area (Å²) in [7, 11) is 0. The fourth-order valence-electron chi connectivity index (χ4n) is 2.62. The second-order valence-corrected chi connectivity index (χ2v) is 7.23. The summed E-state index contributed by atoms with van der Waals surface area (Å²) < 4.78 is 0. The van der Waals surface area contributed by atoms with Gasteiger partial charge in [0.1, 0.15) is 5.01 Å². The third-order valence-electron chi connectivity index (χ3n) is 3.89. The van der Waals surface area contributed by atoms with Crippen LogP contribution in [0.15, 0.2) is 11.2 Å². The number of rotatable bonds is 7. The van der Waals surface area contributed by atoms with Crippen LogP contribution in [0, 0.1) is 6.92 Å². The molecule has 0 spiro atoms. The Morgan fingerprint density at radius 3 is 2.87 bits per heavy atom. The second kappa shape index (κ2) is 9.85. The topological polar surface area (TPSA) is 72.8 Å². The molecule has 0 aliphatic carbocycles. The van der Waals surface area contributed by atoms with Gasteiger partial charge in [-0.05, 0) is 39.7 Å². The van der Waals surface area contributed by atoms with Gasteiger partial charge in [-0.2, -0.15) is 0 Å². The molecule has 0 atom stereocenters. The summed E-state index contributed by atoms with van der Waals surface area (Å²) >= 11 is 1.69. The number of hydrogen-bond donors (Lipinski definition) is 3. The zero-order chi connectivity index (χ0) is 16.5. The molecule has 3 N–H and O–H groups in total. The van der Waals surface area contributed by atoms with Crippen molar-refractivity contribution in [2.75, 3.05) is 32.7 Å². The molecule has 1 aromatic heterocycles. The van der Waals surface area contributed by atoms with Crippen LogP contribution < -0.4 is 10.6 Å². The number of piperidine rings is 1. The molecular formula is C16H29N5OS. The molecule has 7 heteroatoms. The van der Waals surface area contributed by atoms with Crippen LogP contribution >= 0.6 is 11.3 Å². The van der Waals surface area contributed by atoms with Gasteiger partial charge < -0.3 is 20.6 Å². The van der Waals surface area contributed by atoms with Crippen molar-refractivity contribution in [2.45, 2.75) is 45.8 Å². The molecule has 1 fully saturated rings. The fraction of sp³-hybridized carbons (Fsp3) is 0.750. The van der Waals surface area contributed by atoms with Gasteiger partial charge >= 0.3 is 0 Å². The van der Waals surface area contributed by atoms with Gasteiger partial charge in [0, 0.05) is 37.3 Å². The molecule has 1 saturated heterocycles. The standard InChI is InChI=1S/C16H29N5OS/c1-3-17-16(20-12-15-19-11-13(2)23-15)18-7-4-8-21-9-5-14(22)6-10-21/h11,14,22H,3-10,12H2,1-2H3,(H2,17,18,20). The number of nitrogens with zero attached hydrogens (tertiary/aromatic N) is 3. The summed E-state index contributed by atoms with van der Waals surface area (Å²) in [5, 5.41) is 17.2. The fourth-order valence-corrected chi connectivity index (χ4v) is 3.33. The predicted molar refractivity (Wildman–Crippen MR) is 96.0 cm³/mol. The minimum atomic E-state index is -0.0913. The number of aliphatic imine (C=N–C) groups is 1. The minimum Gasteiger partial charge on any atom is -0.393 e. The van der Waals surface area contributed by atoms with Crippen molar-refractivity contribution in [2.24, 2.45) is 4.99 Å². The van der Waals surface area contributed by atoms with Gasteiger partial charge in [0.15, 0.2) is 5.96 Å². The summed E-state index contributed by atoms with van der Waals surface area (Å²) in [5.41, 5.74) is 0. The highest BCUT2D eigenvalue weighted by Gasteiger charge is 2.15. The molecule has 0 aromatic carbocycles. The van der Waals surface area contributed by atoms with Gasteiger partial charge in [0.2, 0.25) is 0 Å². The number of likely N-dealkylation sites (tertiary alicyclic amines) is 1. The summed E-state index contributed by atoms with van der Waals surface area (Å²) in [5.74, 6) is 0.856. The van der Waals surface area contributed by atoms with Gasteiger partial charge in [-0.1, -0.05) is 0 Å². The smallest absolute Gasteiger partial charge is 0.191 e. The highest BCUT2D eigenvalue weighted by atomic mass is 32.1. The van der Waals surface area contributed by atoms with Gasteiger partial charge in [0.25, 0.3) is 0 Å². The number of nitrogens with one attached hydrogen (secondary N) is 2. The molecular weight excluding hydrogens is 310 g/mol. The number of aryl methyl sites for hydroxylation is 1. The summed E-state index contributed by atoms with van der Waals surface area (Å²) in [6.45, 7) is 9.62. The zero-order valence-corrected chi connectivity index (χ0v) is 15.0. The molecule has 130 valence electrons. The van der Waals surface area contributed by atoms with E-state index in [1.54, 1.807) is 11.3 Å². The van der Waals surface area contributed by atoms with Crippen LogP contribution in [0.1, 0.15) is 36.1 Å². The molecule has 1 aromatic rings. The number of guanidine groups is 1. The van der Waals surface area contributed by atoms with E-state index in [4.69, 9.17) is 0 Å². The molecule has 2 heterocycles. The van der Waals surface area contributed by atoms with E-state index in [1.165, 1.54) is 4.88 Å². The number of aromatic nitrogens is 1. The monoisotopic (exact) mass is 339 g/mol. The zero-order valence-electron chi connectivity index (χ0n) is 14.2. The predicted octanol–water partition coefficient (Wildman–Crippen LogP) is 1.35. The van der Waals surface area contributed by atoms with Gasteiger partial charge in [-0.25, -0.2) is 9.98 Å². The SMILES string of the molecule is CCNC(=NCc1ncc(C)s1)NCCCN1CCC(O)CC1. The number of aliphatic hydroxyl groups excluding tert-OH is 1. The third kappa shape index (κ3) is 6.85. The second-order valence-electron chi connectivity index (χ2n) is 5.91. The Morgan fingerprint density at radius 2 is 2.22 bits per heavy atom. The average molecular weight is 340 g/mol. The molecule has 23 heavy (non-hydrogen) atoms. The summed E-state index contributed by atoms with van der Waals surface area (Å²) in [6, 6.07) is 0. The highest BCUT2D eigenvalue weighted by Crippen LogP contribution is 2.12. The lowest BCUT2D eigenvalue weighted by Gasteiger charge is -2.29. The Bertz CT molecular complexity index is 483. The maximum atomic E-state index is 9.52. The molecule has 0 radical (unpaired) electrons. The molecule has 1 aliphatic heterocycles. The maximum absolute atomic E-state index is 9.52. The van der Waals surface area contributed by atoms with Gasteiger partial charge in [-0.3, -0.25) is 0 Å². The molecule has 0 bridgehead atoms. The largest absolute Gasteiger partial charge is 0.393 e. The van der Waals surface area contributed by atoms with Crippen LogP contribution in [-0.4, -0.2) is 59.8 Å². The van der Waals surface area contributed by atoms with E-state index < -0.39 is 0 Å². The summed E-state index contributed by atoms with van der Waals surface area (Å²) in [4.78, 5) is 12.6. The Hall–Kier alpha value is -1.18. The van der Waals surface area contributed by atoms with Gasteiger partial charge in [0.05, 0.1) is 12.6 Å². The van der Waals surface area contributed by atoms with Crippen molar-refractivity contribution in [1.29, 1.82) is 0 Å². The maximum Gasteiger partial charge on any atom is 0.191 e. The minimum absolute atomic E-state index is 0.0913. The number of aliphatic hydroxyl groups is 1. The Morgan fingerprint density at radius 1 is 1.43 bits per heavy atom. The Kier molecular flexibility index (Phi) is 7.78. The quantitative estimate of drug-likeness (QED) is 0.397. The lowest BCUT2D eigenvalue weighted by molar-refractivity contribution is 0.0823. The Balaban J connectivity index is 1.67. The van der Waals surface area contributed by atoms with Crippen LogP contribution in [0.2, 0.25) is 0 Å². The van der Waals surface area contributed by atoms with E-state index in [-0.39, 0.29) is 6.10 Å².